The number of pyridine rings is 1. The fourth-order valence-electron chi connectivity index (χ4n) is 4.48. The molecule has 0 amide bonds. The highest BCUT2D eigenvalue weighted by Crippen LogP contribution is 2.44. The van der Waals surface area contributed by atoms with E-state index in [0.717, 1.165) is 57.3 Å². The van der Waals surface area contributed by atoms with Gasteiger partial charge in [-0.05, 0) is 51.0 Å². The van der Waals surface area contributed by atoms with Crippen LogP contribution in [0.4, 0.5) is 11.8 Å². The first-order valence-corrected chi connectivity index (χ1v) is 12.2. The van der Waals surface area contributed by atoms with Gasteiger partial charge in [0.2, 0.25) is 5.95 Å². The first-order chi connectivity index (χ1) is 15.7. The molecular formula is C23H30N6O2S. The van der Waals surface area contributed by atoms with E-state index in [1.165, 1.54) is 12.8 Å². The molecule has 2 fully saturated rings. The van der Waals surface area contributed by atoms with Crippen LogP contribution in [0.25, 0.3) is 20.8 Å². The Morgan fingerprint density at radius 3 is 2.81 bits per heavy atom. The first kappa shape index (κ1) is 21.5. The van der Waals surface area contributed by atoms with Gasteiger partial charge in [0.05, 0.1) is 28.3 Å². The van der Waals surface area contributed by atoms with E-state index in [9.17, 15) is 5.11 Å². The number of thiazole rings is 1. The number of ether oxygens (including phenoxy) is 1. The lowest BCUT2D eigenvalue weighted by atomic mass is 10.1. The molecule has 3 heterocycles. The van der Waals surface area contributed by atoms with E-state index in [2.05, 4.69) is 21.7 Å². The van der Waals surface area contributed by atoms with Crippen molar-refractivity contribution in [3.05, 3.63) is 23.7 Å². The molecule has 3 N–H and O–H groups in total. The number of methoxy groups -OCH3 is 1. The van der Waals surface area contributed by atoms with Crippen molar-refractivity contribution in [1.29, 1.82) is 0 Å². The second kappa shape index (κ2) is 9.25. The summed E-state index contributed by atoms with van der Waals surface area (Å²) in [7, 11) is 1.68. The molecule has 3 aromatic heterocycles. The number of hydrogen-bond donors (Lipinski definition) is 3. The molecule has 0 saturated heterocycles. The van der Waals surface area contributed by atoms with Crippen molar-refractivity contribution in [2.24, 2.45) is 5.92 Å². The molecule has 9 heteroatoms. The van der Waals surface area contributed by atoms with E-state index in [4.69, 9.17) is 19.7 Å². The third-order valence-electron chi connectivity index (χ3n) is 6.33. The number of rotatable bonds is 9. The Kier molecular flexibility index (Phi) is 6.21. The highest BCUT2D eigenvalue weighted by atomic mass is 32.1. The first-order valence-electron chi connectivity index (χ1n) is 11.4. The zero-order chi connectivity index (χ0) is 22.1. The Balaban J connectivity index is 1.52. The lowest BCUT2D eigenvalue weighted by Crippen LogP contribution is -2.19. The maximum atomic E-state index is 9.56. The predicted octanol–water partition coefficient (Wildman–Crippen LogP) is 3.97. The Labute approximate surface area is 191 Å². The summed E-state index contributed by atoms with van der Waals surface area (Å²) in [5, 5.41) is 17.4. The predicted molar refractivity (Wildman–Crippen MR) is 127 cm³/mol. The number of anilines is 2. The standard InChI is InChI=1S/C23H30N6O2S/c1-13-18(22-28-20-17(32-22)7-8-24-19(20)15-4-5-15)21(27-16-6-3-14(11-16)12-30)29-23(26-13)25-9-10-31-2/h7-8,14-16,30H,3-6,9-12H2,1-2H3,(H2,25,26,27,29). The highest BCUT2D eigenvalue weighted by Gasteiger charge is 2.30. The van der Waals surface area contributed by atoms with Gasteiger partial charge >= 0.3 is 0 Å². The Hall–Kier alpha value is -2.36. The summed E-state index contributed by atoms with van der Waals surface area (Å²) in [5.41, 5.74) is 3.98. The Bertz CT molecular complexity index is 1100. The van der Waals surface area contributed by atoms with Crippen LogP contribution in [0.15, 0.2) is 12.3 Å². The average molecular weight is 455 g/mol. The summed E-state index contributed by atoms with van der Waals surface area (Å²) in [6.45, 7) is 3.48. The summed E-state index contributed by atoms with van der Waals surface area (Å²) in [5.74, 6) is 2.29. The molecule has 0 bridgehead atoms. The fraction of sp³-hybridized carbons (Fsp3) is 0.565. The molecule has 2 aliphatic rings. The van der Waals surface area contributed by atoms with Crippen LogP contribution in [0.2, 0.25) is 0 Å². The van der Waals surface area contributed by atoms with Gasteiger partial charge in [0.1, 0.15) is 16.3 Å². The number of aromatic nitrogens is 4. The van der Waals surface area contributed by atoms with Crippen LogP contribution < -0.4 is 10.6 Å². The molecule has 3 aromatic rings. The monoisotopic (exact) mass is 454 g/mol. The minimum Gasteiger partial charge on any atom is -0.396 e. The second-order valence-corrected chi connectivity index (χ2v) is 9.85. The van der Waals surface area contributed by atoms with Crippen LogP contribution in [0.3, 0.4) is 0 Å². The van der Waals surface area contributed by atoms with Crippen molar-refractivity contribution in [1.82, 2.24) is 19.9 Å². The molecule has 2 unspecified atom stereocenters. The Morgan fingerprint density at radius 1 is 1.19 bits per heavy atom. The van der Waals surface area contributed by atoms with Crippen molar-refractivity contribution in [2.45, 2.75) is 51.0 Å². The van der Waals surface area contributed by atoms with E-state index in [1.807, 2.05) is 13.1 Å². The number of aliphatic hydroxyl groups is 1. The second-order valence-electron chi connectivity index (χ2n) is 8.81. The van der Waals surface area contributed by atoms with Gasteiger partial charge in [-0.2, -0.15) is 4.98 Å². The summed E-state index contributed by atoms with van der Waals surface area (Å²) in [6, 6.07) is 2.33. The van der Waals surface area contributed by atoms with Crippen LogP contribution in [0, 0.1) is 12.8 Å². The third kappa shape index (κ3) is 4.42. The van der Waals surface area contributed by atoms with Crippen LogP contribution in [0.1, 0.15) is 49.4 Å². The number of nitrogens with one attached hydrogen (secondary N) is 2. The third-order valence-corrected chi connectivity index (χ3v) is 7.37. The number of nitrogens with zero attached hydrogens (tertiary/aromatic N) is 4. The van der Waals surface area contributed by atoms with Crippen molar-refractivity contribution in [3.8, 4) is 10.6 Å². The smallest absolute Gasteiger partial charge is 0.224 e. The number of hydrogen-bond acceptors (Lipinski definition) is 9. The van der Waals surface area contributed by atoms with Gasteiger partial charge in [-0.3, -0.25) is 4.98 Å². The maximum Gasteiger partial charge on any atom is 0.224 e. The van der Waals surface area contributed by atoms with Gasteiger partial charge in [0.25, 0.3) is 0 Å². The molecule has 0 aromatic carbocycles. The fourth-order valence-corrected chi connectivity index (χ4v) is 5.55. The number of fused-ring (bicyclic) bond motifs is 1. The summed E-state index contributed by atoms with van der Waals surface area (Å²) < 4.78 is 6.30. The van der Waals surface area contributed by atoms with E-state index in [-0.39, 0.29) is 12.6 Å². The maximum absolute atomic E-state index is 9.56. The highest BCUT2D eigenvalue weighted by molar-refractivity contribution is 7.21. The molecule has 170 valence electrons. The summed E-state index contributed by atoms with van der Waals surface area (Å²) >= 11 is 1.68. The van der Waals surface area contributed by atoms with E-state index in [0.29, 0.717) is 30.9 Å². The van der Waals surface area contributed by atoms with Gasteiger partial charge in [-0.1, -0.05) is 0 Å². The minimum absolute atomic E-state index is 0.243. The van der Waals surface area contributed by atoms with Crippen LogP contribution >= 0.6 is 11.3 Å². The van der Waals surface area contributed by atoms with Gasteiger partial charge in [-0.25, -0.2) is 9.97 Å². The van der Waals surface area contributed by atoms with Crippen molar-refractivity contribution < 1.29 is 9.84 Å². The van der Waals surface area contributed by atoms with Crippen molar-refractivity contribution >= 4 is 33.3 Å². The van der Waals surface area contributed by atoms with Crippen LogP contribution in [-0.4, -0.2) is 58.0 Å². The Morgan fingerprint density at radius 2 is 2.06 bits per heavy atom. The molecular weight excluding hydrogens is 424 g/mol. The molecule has 2 aliphatic carbocycles. The van der Waals surface area contributed by atoms with E-state index in [1.54, 1.807) is 18.4 Å². The normalized spacial score (nSPS) is 20.7. The van der Waals surface area contributed by atoms with Gasteiger partial charge in [0, 0.05) is 38.4 Å². The SMILES string of the molecule is COCCNc1nc(C)c(-c2nc3c(C4CC4)nccc3s2)c(NC2CCC(CO)C2)n1. The molecule has 5 rings (SSSR count). The minimum atomic E-state index is 0.243. The zero-order valence-corrected chi connectivity index (χ0v) is 19.4. The van der Waals surface area contributed by atoms with Gasteiger partial charge < -0.3 is 20.5 Å². The van der Waals surface area contributed by atoms with Gasteiger partial charge in [-0.15, -0.1) is 11.3 Å². The summed E-state index contributed by atoms with van der Waals surface area (Å²) in [4.78, 5) is 19.2. The molecule has 2 atom stereocenters. The summed E-state index contributed by atoms with van der Waals surface area (Å²) in [6.07, 6.45) is 7.30. The topological polar surface area (TPSA) is 105 Å². The largest absolute Gasteiger partial charge is 0.396 e. The zero-order valence-electron chi connectivity index (χ0n) is 18.6. The molecule has 0 spiro atoms. The van der Waals surface area contributed by atoms with Crippen LogP contribution in [-0.2, 0) is 4.74 Å². The molecule has 32 heavy (non-hydrogen) atoms. The molecule has 0 aliphatic heterocycles. The van der Waals surface area contributed by atoms with E-state index < -0.39 is 0 Å². The van der Waals surface area contributed by atoms with Gasteiger partial charge in [0.15, 0.2) is 0 Å². The van der Waals surface area contributed by atoms with Crippen LogP contribution in [0.5, 0.6) is 0 Å². The van der Waals surface area contributed by atoms with E-state index >= 15 is 0 Å². The van der Waals surface area contributed by atoms with Crippen molar-refractivity contribution in [2.75, 3.05) is 37.5 Å². The molecule has 8 nitrogen and oxygen atoms in total. The quantitative estimate of drug-likeness (QED) is 0.417. The average Bonchev–Trinajstić information content (AvgIpc) is 3.38. The molecule has 2 saturated carbocycles. The molecule has 0 radical (unpaired) electrons. The lowest BCUT2D eigenvalue weighted by molar-refractivity contribution is 0.210. The van der Waals surface area contributed by atoms with Crippen molar-refractivity contribution in [3.63, 3.8) is 0 Å². The number of aliphatic hydroxyl groups excluding tert-OH is 1. The number of aryl methyl sites for hydroxylation is 1. The lowest BCUT2D eigenvalue weighted by Gasteiger charge is -2.18.